The van der Waals surface area contributed by atoms with Gasteiger partial charge < -0.3 is 10.0 Å². The van der Waals surface area contributed by atoms with Gasteiger partial charge in [0.05, 0.1) is 17.9 Å². The molecule has 0 aliphatic carbocycles. The molecule has 0 radical (unpaired) electrons. The van der Waals surface area contributed by atoms with Crippen molar-refractivity contribution in [1.29, 1.82) is 0 Å². The first-order valence-electron chi connectivity index (χ1n) is 10.1. The van der Waals surface area contributed by atoms with E-state index in [-0.39, 0.29) is 0 Å². The van der Waals surface area contributed by atoms with Crippen molar-refractivity contribution in [2.24, 2.45) is 10.3 Å². The van der Waals surface area contributed by atoms with Crippen molar-refractivity contribution in [2.75, 3.05) is 11.4 Å². The van der Waals surface area contributed by atoms with Gasteiger partial charge in [-0.3, -0.25) is 0 Å². The van der Waals surface area contributed by atoms with Gasteiger partial charge in [0, 0.05) is 30.3 Å². The highest BCUT2D eigenvalue weighted by atomic mass is 16.3. The minimum Gasteiger partial charge on any atom is -0.393 e. The van der Waals surface area contributed by atoms with Crippen molar-refractivity contribution in [3.05, 3.63) is 72.1 Å². The number of hydrogen-bond donors (Lipinski definition) is 1. The molecule has 0 fully saturated rings. The number of aromatic nitrogens is 3. The maximum Gasteiger partial charge on any atom is 0.168 e. The van der Waals surface area contributed by atoms with Crippen molar-refractivity contribution in [3.63, 3.8) is 0 Å². The fourth-order valence-corrected chi connectivity index (χ4v) is 3.15. The number of aryl methyl sites for hydroxylation is 1. The molecule has 152 valence electrons. The number of benzene rings is 2. The molecule has 1 heterocycles. The zero-order chi connectivity index (χ0) is 20.6. The van der Waals surface area contributed by atoms with Crippen molar-refractivity contribution >= 4 is 11.4 Å². The zero-order valence-electron chi connectivity index (χ0n) is 17.3. The van der Waals surface area contributed by atoms with Crippen LogP contribution in [0.5, 0.6) is 0 Å². The molecule has 3 rings (SSSR count). The minimum atomic E-state index is -0.463. The van der Waals surface area contributed by atoms with Gasteiger partial charge in [-0.25, -0.2) is 0 Å². The highest BCUT2D eigenvalue weighted by Gasteiger charge is 2.16. The summed E-state index contributed by atoms with van der Waals surface area (Å²) in [5.74, 6) is 0. The molecule has 1 aromatic heterocycles. The molecule has 7 heteroatoms. The molecule has 29 heavy (non-hydrogen) atoms. The summed E-state index contributed by atoms with van der Waals surface area (Å²) in [5, 5.41) is 22.7. The zero-order valence-corrected chi connectivity index (χ0v) is 17.3. The Balaban J connectivity index is 1.74. The molecule has 0 spiro atoms. The van der Waals surface area contributed by atoms with Gasteiger partial charge in [0.15, 0.2) is 17.6 Å². The number of anilines is 1. The van der Waals surface area contributed by atoms with Crippen LogP contribution in [0, 0.1) is 0 Å². The Morgan fingerprint density at radius 3 is 2.45 bits per heavy atom. The highest BCUT2D eigenvalue weighted by Crippen LogP contribution is 2.21. The lowest BCUT2D eigenvalue weighted by atomic mass is 10.2. The lowest BCUT2D eigenvalue weighted by molar-refractivity contribution is -0.776. The maximum atomic E-state index is 9.68. The van der Waals surface area contributed by atoms with E-state index in [1.807, 2.05) is 25.1 Å². The molecule has 2 aromatic carbocycles. The number of aliphatic hydroxyl groups excluding tert-OH is 1. The number of rotatable bonds is 9. The van der Waals surface area contributed by atoms with Gasteiger partial charge in [-0.05, 0) is 60.5 Å². The fourth-order valence-electron chi connectivity index (χ4n) is 3.15. The molecule has 7 nitrogen and oxygen atoms in total. The first-order chi connectivity index (χ1) is 14.1. The lowest BCUT2D eigenvalue weighted by Gasteiger charge is -2.23. The standard InChI is InChI=1S/C22H29N6O/c1-4-26(17-19-9-7-6-8-10-19)21-13-11-20(12-14-21)24-25-28-22(15-18(3)29)16-23-27(28)5-2/h6-14,16,18,29H,4-5,15,17H2,1-3H3/q+1. The monoisotopic (exact) mass is 393 g/mol. The first kappa shape index (κ1) is 20.7. The Morgan fingerprint density at radius 1 is 1.10 bits per heavy atom. The van der Waals surface area contributed by atoms with Crippen LogP contribution in [0.15, 0.2) is 71.1 Å². The van der Waals surface area contributed by atoms with Crippen LogP contribution in [-0.4, -0.2) is 27.7 Å². The Morgan fingerprint density at radius 2 is 1.83 bits per heavy atom. The molecule has 3 aromatic rings. The summed E-state index contributed by atoms with van der Waals surface area (Å²) in [6, 6.07) is 18.5. The summed E-state index contributed by atoms with van der Waals surface area (Å²) in [6.07, 6.45) is 1.74. The quantitative estimate of drug-likeness (QED) is 0.445. The first-order valence-corrected chi connectivity index (χ1v) is 10.1. The minimum absolute atomic E-state index is 0.463. The molecule has 0 amide bonds. The van der Waals surface area contributed by atoms with Gasteiger partial charge in [-0.2, -0.15) is 0 Å². The predicted octanol–water partition coefficient (Wildman–Crippen LogP) is 3.69. The molecular weight excluding hydrogens is 364 g/mol. The van der Waals surface area contributed by atoms with Crippen LogP contribution in [0.1, 0.15) is 32.0 Å². The lowest BCUT2D eigenvalue weighted by Crippen LogP contribution is -2.42. The molecule has 0 bridgehead atoms. The third-order valence-corrected chi connectivity index (χ3v) is 4.66. The molecule has 1 atom stereocenters. The Kier molecular flexibility index (Phi) is 7.08. The third-order valence-electron chi connectivity index (χ3n) is 4.66. The van der Waals surface area contributed by atoms with Gasteiger partial charge in [-0.1, -0.05) is 35.1 Å². The average molecular weight is 394 g/mol. The van der Waals surface area contributed by atoms with Gasteiger partial charge in [0.1, 0.15) is 0 Å². The number of nitrogens with zero attached hydrogens (tertiary/aromatic N) is 6. The Bertz CT molecular complexity index is 918. The van der Waals surface area contributed by atoms with Gasteiger partial charge >= 0.3 is 0 Å². The van der Waals surface area contributed by atoms with Crippen molar-refractivity contribution in [3.8, 4) is 0 Å². The average Bonchev–Trinajstić information content (AvgIpc) is 3.12. The molecule has 1 N–H and O–H groups in total. The molecule has 0 saturated carbocycles. The fraction of sp³-hybridized carbons (Fsp3) is 0.364. The van der Waals surface area contributed by atoms with Crippen LogP contribution in [0.25, 0.3) is 0 Å². The van der Waals surface area contributed by atoms with Crippen LogP contribution < -0.4 is 9.69 Å². The predicted molar refractivity (Wildman–Crippen MR) is 113 cm³/mol. The third kappa shape index (κ3) is 5.48. The second-order valence-electron chi connectivity index (χ2n) is 6.97. The normalized spacial score (nSPS) is 12.4. The van der Waals surface area contributed by atoms with E-state index >= 15 is 0 Å². The number of hydrogen-bond acceptors (Lipinski definition) is 5. The van der Waals surface area contributed by atoms with E-state index in [9.17, 15) is 5.11 Å². The summed E-state index contributed by atoms with van der Waals surface area (Å²) in [5.41, 5.74) is 4.02. The van der Waals surface area contributed by atoms with E-state index in [1.54, 1.807) is 22.7 Å². The van der Waals surface area contributed by atoms with Crippen molar-refractivity contribution in [2.45, 2.75) is 46.4 Å². The van der Waals surface area contributed by atoms with Crippen molar-refractivity contribution in [1.82, 2.24) is 9.90 Å². The van der Waals surface area contributed by atoms with Crippen LogP contribution in [0.4, 0.5) is 11.4 Å². The molecule has 1 unspecified atom stereocenters. The molecule has 0 aliphatic rings. The summed E-state index contributed by atoms with van der Waals surface area (Å²) in [4.78, 5) is 5.68. The Hall–Kier alpha value is -3.06. The van der Waals surface area contributed by atoms with E-state index in [0.29, 0.717) is 13.0 Å². The summed E-state index contributed by atoms with van der Waals surface area (Å²) in [7, 11) is 0. The number of aliphatic hydroxyl groups is 1. The van der Waals surface area contributed by atoms with Crippen LogP contribution in [-0.2, 0) is 19.5 Å². The largest absolute Gasteiger partial charge is 0.393 e. The smallest absolute Gasteiger partial charge is 0.168 e. The highest BCUT2D eigenvalue weighted by molar-refractivity contribution is 5.52. The summed E-state index contributed by atoms with van der Waals surface area (Å²) >= 11 is 0. The van der Waals surface area contributed by atoms with Gasteiger partial charge in [-0.15, -0.1) is 0 Å². The SMILES string of the molecule is CCN(Cc1ccccc1)c1ccc(N=N[n+]2c(CC(C)O)cnn2CC)cc1. The van der Waals surface area contributed by atoms with Crippen molar-refractivity contribution < 1.29 is 9.90 Å². The van der Waals surface area contributed by atoms with Gasteiger partial charge in [0.25, 0.3) is 0 Å². The maximum absolute atomic E-state index is 9.68. The Labute approximate surface area is 171 Å². The molecule has 0 aliphatic heterocycles. The van der Waals surface area contributed by atoms with Crippen LogP contribution in [0.2, 0.25) is 0 Å². The summed E-state index contributed by atoms with van der Waals surface area (Å²) < 4.78 is 0. The van der Waals surface area contributed by atoms with E-state index in [1.165, 1.54) is 5.56 Å². The topological polar surface area (TPSA) is 69.9 Å². The van der Waals surface area contributed by atoms with E-state index in [4.69, 9.17) is 0 Å². The molecular formula is C22H29N6O+. The second kappa shape index (κ2) is 9.93. The van der Waals surface area contributed by atoms with Crippen LogP contribution in [0.3, 0.4) is 0 Å². The molecule has 0 saturated heterocycles. The van der Waals surface area contributed by atoms with E-state index in [0.717, 1.165) is 30.2 Å². The second-order valence-corrected chi connectivity index (χ2v) is 6.97. The van der Waals surface area contributed by atoms with E-state index in [2.05, 4.69) is 63.7 Å². The van der Waals surface area contributed by atoms with Gasteiger partial charge in [0.2, 0.25) is 0 Å². The summed E-state index contributed by atoms with van der Waals surface area (Å²) in [6.45, 7) is 8.35. The van der Waals surface area contributed by atoms with Crippen LogP contribution >= 0.6 is 0 Å². The van der Waals surface area contributed by atoms with E-state index < -0.39 is 6.10 Å².